The summed E-state index contributed by atoms with van der Waals surface area (Å²) in [5.74, 6) is 0.0538. The normalized spacial score (nSPS) is 28.7. The number of rotatable bonds is 2. The first kappa shape index (κ1) is 12.3. The Hall–Kier alpha value is -0.810. The topological polar surface area (TPSA) is 75.8 Å². The van der Waals surface area contributed by atoms with Gasteiger partial charge in [-0.25, -0.2) is 4.79 Å². The quantitative estimate of drug-likeness (QED) is 0.690. The molecule has 1 aliphatic rings. The molecule has 1 aliphatic heterocycles. The van der Waals surface area contributed by atoms with Crippen molar-refractivity contribution in [1.82, 2.24) is 4.90 Å². The minimum absolute atomic E-state index is 0.0538. The Bertz CT molecular complexity index is 221. The minimum atomic E-state index is -0.437. The molecule has 1 rings (SSSR count). The van der Waals surface area contributed by atoms with Crippen LogP contribution in [0.3, 0.4) is 0 Å². The molecule has 15 heavy (non-hydrogen) atoms. The van der Waals surface area contributed by atoms with E-state index in [2.05, 4.69) is 0 Å². The van der Waals surface area contributed by atoms with Crippen LogP contribution >= 0.6 is 0 Å². The van der Waals surface area contributed by atoms with Crippen molar-refractivity contribution in [1.29, 1.82) is 0 Å². The van der Waals surface area contributed by atoms with Crippen LogP contribution in [-0.4, -0.2) is 47.9 Å². The summed E-state index contributed by atoms with van der Waals surface area (Å²) < 4.78 is 4.91. The van der Waals surface area contributed by atoms with Crippen LogP contribution in [0.4, 0.5) is 4.79 Å². The van der Waals surface area contributed by atoms with Gasteiger partial charge in [-0.1, -0.05) is 0 Å². The van der Waals surface area contributed by atoms with Crippen LogP contribution in [0.25, 0.3) is 0 Å². The zero-order valence-corrected chi connectivity index (χ0v) is 9.35. The van der Waals surface area contributed by atoms with Crippen LogP contribution < -0.4 is 5.73 Å². The summed E-state index contributed by atoms with van der Waals surface area (Å²) in [5, 5.41) is 9.49. The first-order chi connectivity index (χ1) is 7.04. The lowest BCUT2D eigenvalue weighted by Gasteiger charge is -2.36. The summed E-state index contributed by atoms with van der Waals surface area (Å²) in [7, 11) is 0. The van der Waals surface area contributed by atoms with Crippen molar-refractivity contribution in [2.75, 3.05) is 19.7 Å². The van der Waals surface area contributed by atoms with E-state index in [-0.39, 0.29) is 18.1 Å². The van der Waals surface area contributed by atoms with Crippen LogP contribution in [0, 0.1) is 5.92 Å². The number of hydrogen-bond donors (Lipinski definition) is 2. The number of likely N-dealkylation sites (tertiary alicyclic amines) is 1. The molecule has 88 valence electrons. The molecular formula is C10H20N2O3. The Kier molecular flexibility index (Phi) is 4.35. The van der Waals surface area contributed by atoms with Gasteiger partial charge in [0.15, 0.2) is 0 Å². The fraction of sp³-hybridized carbons (Fsp3) is 0.900. The second-order valence-electron chi connectivity index (χ2n) is 4.10. The predicted octanol–water partition coefficient (Wildman–Crippen LogP) is 0.173. The molecule has 1 fully saturated rings. The van der Waals surface area contributed by atoms with E-state index >= 15 is 0 Å². The fourth-order valence-electron chi connectivity index (χ4n) is 1.89. The highest BCUT2D eigenvalue weighted by molar-refractivity contribution is 5.67. The van der Waals surface area contributed by atoms with E-state index < -0.39 is 6.10 Å². The molecule has 5 nitrogen and oxygen atoms in total. The van der Waals surface area contributed by atoms with E-state index in [1.807, 2.05) is 0 Å². The number of carbonyl (C=O) groups is 1. The third kappa shape index (κ3) is 3.35. The SMILES string of the molecule is CCOC(=O)N1CC(N)CC(C(C)O)C1. The maximum absolute atomic E-state index is 11.5. The van der Waals surface area contributed by atoms with Gasteiger partial charge in [0.2, 0.25) is 0 Å². The standard InChI is InChI=1S/C10H20N2O3/c1-3-15-10(14)12-5-8(7(2)13)4-9(11)6-12/h7-9,13H,3-6,11H2,1-2H3. The first-order valence-corrected chi connectivity index (χ1v) is 5.40. The Morgan fingerprint density at radius 1 is 1.67 bits per heavy atom. The molecule has 1 amide bonds. The van der Waals surface area contributed by atoms with E-state index in [4.69, 9.17) is 10.5 Å². The Morgan fingerprint density at radius 3 is 2.87 bits per heavy atom. The molecule has 5 heteroatoms. The summed E-state index contributed by atoms with van der Waals surface area (Å²) in [5.41, 5.74) is 5.83. The summed E-state index contributed by atoms with van der Waals surface area (Å²) in [6.07, 6.45) is -0.0142. The molecule has 3 N–H and O–H groups in total. The number of ether oxygens (including phenoxy) is 1. The monoisotopic (exact) mass is 216 g/mol. The summed E-state index contributed by atoms with van der Waals surface area (Å²) in [6.45, 7) is 4.91. The van der Waals surface area contributed by atoms with Crippen molar-refractivity contribution in [2.45, 2.75) is 32.4 Å². The minimum Gasteiger partial charge on any atom is -0.450 e. The van der Waals surface area contributed by atoms with Gasteiger partial charge in [-0.15, -0.1) is 0 Å². The van der Waals surface area contributed by atoms with Gasteiger partial charge >= 0.3 is 6.09 Å². The third-order valence-electron chi connectivity index (χ3n) is 2.72. The third-order valence-corrected chi connectivity index (χ3v) is 2.72. The average molecular weight is 216 g/mol. The van der Waals surface area contributed by atoms with Crippen LogP contribution in [0.15, 0.2) is 0 Å². The van der Waals surface area contributed by atoms with E-state index in [0.29, 0.717) is 19.7 Å². The molecule has 0 bridgehead atoms. The Morgan fingerprint density at radius 2 is 2.33 bits per heavy atom. The zero-order chi connectivity index (χ0) is 11.4. The lowest BCUT2D eigenvalue weighted by molar-refractivity contribution is 0.0430. The number of amides is 1. The highest BCUT2D eigenvalue weighted by Gasteiger charge is 2.31. The molecule has 3 atom stereocenters. The highest BCUT2D eigenvalue weighted by Crippen LogP contribution is 2.19. The number of aliphatic hydroxyl groups is 1. The van der Waals surface area contributed by atoms with Crippen molar-refractivity contribution in [3.8, 4) is 0 Å². The van der Waals surface area contributed by atoms with Crippen LogP contribution in [0.2, 0.25) is 0 Å². The fourth-order valence-corrected chi connectivity index (χ4v) is 1.89. The van der Waals surface area contributed by atoms with Gasteiger partial charge in [0, 0.05) is 25.0 Å². The molecule has 0 aromatic carbocycles. The smallest absolute Gasteiger partial charge is 0.409 e. The first-order valence-electron chi connectivity index (χ1n) is 5.40. The maximum Gasteiger partial charge on any atom is 0.409 e. The molecular weight excluding hydrogens is 196 g/mol. The molecule has 3 unspecified atom stereocenters. The number of nitrogens with two attached hydrogens (primary N) is 1. The lowest BCUT2D eigenvalue weighted by atomic mass is 9.91. The second kappa shape index (κ2) is 5.32. The molecule has 0 saturated carbocycles. The van der Waals surface area contributed by atoms with Crippen molar-refractivity contribution in [3.05, 3.63) is 0 Å². The zero-order valence-electron chi connectivity index (χ0n) is 9.35. The summed E-state index contributed by atoms with van der Waals surface area (Å²) in [6, 6.07) is -0.0669. The van der Waals surface area contributed by atoms with Crippen molar-refractivity contribution in [2.24, 2.45) is 11.7 Å². The van der Waals surface area contributed by atoms with Crippen molar-refractivity contribution < 1.29 is 14.6 Å². The number of aliphatic hydroxyl groups excluding tert-OH is 1. The van der Waals surface area contributed by atoms with E-state index in [0.717, 1.165) is 6.42 Å². The highest BCUT2D eigenvalue weighted by atomic mass is 16.6. The number of nitrogens with zero attached hydrogens (tertiary/aromatic N) is 1. The lowest BCUT2D eigenvalue weighted by Crippen LogP contribution is -2.51. The number of hydrogen-bond acceptors (Lipinski definition) is 4. The van der Waals surface area contributed by atoms with Gasteiger partial charge < -0.3 is 20.5 Å². The molecule has 0 spiro atoms. The van der Waals surface area contributed by atoms with Gasteiger partial charge in [-0.3, -0.25) is 0 Å². The van der Waals surface area contributed by atoms with Gasteiger partial charge in [0.25, 0.3) is 0 Å². The number of carbonyl (C=O) groups excluding carboxylic acids is 1. The largest absolute Gasteiger partial charge is 0.450 e. The second-order valence-corrected chi connectivity index (χ2v) is 4.10. The van der Waals surface area contributed by atoms with E-state index in [9.17, 15) is 9.90 Å². The maximum atomic E-state index is 11.5. The molecule has 0 aliphatic carbocycles. The Balaban J connectivity index is 2.55. The van der Waals surface area contributed by atoms with Gasteiger partial charge in [-0.05, 0) is 20.3 Å². The molecule has 0 radical (unpaired) electrons. The van der Waals surface area contributed by atoms with Crippen LogP contribution in [0.1, 0.15) is 20.3 Å². The molecule has 1 saturated heterocycles. The molecule has 0 aromatic heterocycles. The van der Waals surface area contributed by atoms with Gasteiger partial charge in [0.1, 0.15) is 0 Å². The summed E-state index contributed by atoms with van der Waals surface area (Å²) >= 11 is 0. The summed E-state index contributed by atoms with van der Waals surface area (Å²) in [4.78, 5) is 13.1. The van der Waals surface area contributed by atoms with Crippen molar-refractivity contribution in [3.63, 3.8) is 0 Å². The Labute approximate surface area is 90.2 Å². The van der Waals surface area contributed by atoms with Gasteiger partial charge in [-0.2, -0.15) is 0 Å². The molecule has 1 heterocycles. The number of piperidine rings is 1. The van der Waals surface area contributed by atoms with Gasteiger partial charge in [0.05, 0.1) is 12.7 Å². The van der Waals surface area contributed by atoms with E-state index in [1.165, 1.54) is 0 Å². The van der Waals surface area contributed by atoms with Crippen molar-refractivity contribution >= 4 is 6.09 Å². The average Bonchev–Trinajstić information content (AvgIpc) is 2.17. The molecule has 0 aromatic rings. The van der Waals surface area contributed by atoms with E-state index in [1.54, 1.807) is 18.7 Å². The van der Waals surface area contributed by atoms with Crippen LogP contribution in [-0.2, 0) is 4.74 Å². The predicted molar refractivity (Wildman–Crippen MR) is 56.4 cm³/mol. The van der Waals surface area contributed by atoms with Crippen LogP contribution in [0.5, 0.6) is 0 Å².